The molecule has 0 aliphatic carbocycles. The van der Waals surface area contributed by atoms with E-state index >= 15 is 0 Å². The molecule has 1 aromatic carbocycles. The molecule has 1 aliphatic heterocycles. The number of anilines is 1. The average molecular weight is 412 g/mol. The number of rotatable bonds is 4. The van der Waals surface area contributed by atoms with Crippen LogP contribution < -0.4 is 5.32 Å². The molecule has 1 saturated heterocycles. The zero-order chi connectivity index (χ0) is 18.7. The number of benzene rings is 1. The van der Waals surface area contributed by atoms with Crippen LogP contribution in [0.5, 0.6) is 0 Å². The van der Waals surface area contributed by atoms with E-state index in [0.717, 1.165) is 4.88 Å². The van der Waals surface area contributed by atoms with Gasteiger partial charge in [-0.1, -0.05) is 29.3 Å². The second-order valence-electron chi connectivity index (χ2n) is 6.13. The summed E-state index contributed by atoms with van der Waals surface area (Å²) in [5, 5.41) is 5.70. The maximum absolute atomic E-state index is 12.5. The van der Waals surface area contributed by atoms with Crippen molar-refractivity contribution in [1.29, 1.82) is 0 Å². The lowest BCUT2D eigenvalue weighted by Gasteiger charge is -2.37. The Balaban J connectivity index is 1.55. The van der Waals surface area contributed by atoms with E-state index in [4.69, 9.17) is 23.2 Å². The molecular formula is C18H19Cl2N3O2S. The Bertz CT molecular complexity index is 769. The molecule has 1 N–H and O–H groups in total. The van der Waals surface area contributed by atoms with Crippen LogP contribution in [0.3, 0.4) is 0 Å². The van der Waals surface area contributed by atoms with Crippen molar-refractivity contribution in [2.75, 3.05) is 31.5 Å². The van der Waals surface area contributed by atoms with Gasteiger partial charge in [0.2, 0.25) is 5.91 Å². The minimum absolute atomic E-state index is 0.0605. The van der Waals surface area contributed by atoms with Crippen molar-refractivity contribution in [1.82, 2.24) is 9.80 Å². The molecule has 1 aliphatic rings. The Morgan fingerprint density at radius 3 is 2.35 bits per heavy atom. The van der Waals surface area contributed by atoms with E-state index in [1.54, 1.807) is 18.2 Å². The lowest BCUT2D eigenvalue weighted by atomic mass is 10.2. The van der Waals surface area contributed by atoms with Gasteiger partial charge in [0.1, 0.15) is 0 Å². The van der Waals surface area contributed by atoms with Crippen LogP contribution in [0.1, 0.15) is 16.6 Å². The zero-order valence-electron chi connectivity index (χ0n) is 14.2. The number of piperazine rings is 1. The zero-order valence-corrected chi connectivity index (χ0v) is 16.6. The number of nitrogens with one attached hydrogen (secondary N) is 1. The fourth-order valence-electron chi connectivity index (χ4n) is 2.91. The van der Waals surface area contributed by atoms with Gasteiger partial charge in [0.05, 0.1) is 10.9 Å². The van der Waals surface area contributed by atoms with E-state index in [0.29, 0.717) is 41.9 Å². The molecule has 1 fully saturated rings. The van der Waals surface area contributed by atoms with Crippen molar-refractivity contribution in [3.8, 4) is 0 Å². The Morgan fingerprint density at radius 2 is 1.77 bits per heavy atom. The van der Waals surface area contributed by atoms with Gasteiger partial charge in [-0.05, 0) is 36.6 Å². The van der Waals surface area contributed by atoms with E-state index in [2.05, 4.69) is 10.2 Å². The van der Waals surface area contributed by atoms with Gasteiger partial charge in [-0.25, -0.2) is 0 Å². The van der Waals surface area contributed by atoms with Gasteiger partial charge in [-0.15, -0.1) is 11.3 Å². The Morgan fingerprint density at radius 1 is 1.12 bits per heavy atom. The predicted octanol–water partition coefficient (Wildman–Crippen LogP) is 3.84. The molecule has 2 heterocycles. The van der Waals surface area contributed by atoms with Gasteiger partial charge in [-0.2, -0.15) is 0 Å². The summed E-state index contributed by atoms with van der Waals surface area (Å²) in [6.45, 7) is 4.39. The Labute approximate surface area is 166 Å². The minimum Gasteiger partial charge on any atom is -0.335 e. The predicted molar refractivity (Wildman–Crippen MR) is 106 cm³/mol. The molecular weight excluding hydrogens is 393 g/mol. The van der Waals surface area contributed by atoms with Crippen LogP contribution in [0.15, 0.2) is 35.7 Å². The Kier molecular flexibility index (Phi) is 6.19. The fraction of sp³-hybridized carbons (Fsp3) is 0.333. The number of nitrogens with zero attached hydrogens (tertiary/aromatic N) is 2. The van der Waals surface area contributed by atoms with Crippen molar-refractivity contribution >= 4 is 52.0 Å². The van der Waals surface area contributed by atoms with Crippen molar-refractivity contribution in [3.05, 3.63) is 50.6 Å². The molecule has 2 aromatic rings. The molecule has 26 heavy (non-hydrogen) atoms. The van der Waals surface area contributed by atoms with Crippen LogP contribution in [0.25, 0.3) is 0 Å². The lowest BCUT2D eigenvalue weighted by Crippen LogP contribution is -2.53. The Hall–Kier alpha value is -1.60. The summed E-state index contributed by atoms with van der Waals surface area (Å²) in [7, 11) is 0. The van der Waals surface area contributed by atoms with Crippen molar-refractivity contribution in [2.45, 2.75) is 13.0 Å². The van der Waals surface area contributed by atoms with Gasteiger partial charge in [0.25, 0.3) is 5.91 Å². The highest BCUT2D eigenvalue weighted by Gasteiger charge is 2.28. The standard InChI is InChI=1S/C18H19Cl2N3O2S/c1-12(17(24)21-15-10-13(19)9-14(20)11-15)22-4-6-23(7-5-22)18(25)16-3-2-8-26-16/h2-3,8-12H,4-7H2,1H3,(H,21,24). The highest BCUT2D eigenvalue weighted by Crippen LogP contribution is 2.23. The quantitative estimate of drug-likeness (QED) is 0.831. The van der Waals surface area contributed by atoms with Crippen molar-refractivity contribution < 1.29 is 9.59 Å². The van der Waals surface area contributed by atoms with E-state index in [1.165, 1.54) is 11.3 Å². The van der Waals surface area contributed by atoms with E-state index in [-0.39, 0.29) is 17.9 Å². The SMILES string of the molecule is CC(C(=O)Nc1cc(Cl)cc(Cl)c1)N1CCN(C(=O)c2cccs2)CC1. The highest BCUT2D eigenvalue weighted by atomic mass is 35.5. The first-order chi connectivity index (χ1) is 12.4. The van der Waals surface area contributed by atoms with Gasteiger partial charge >= 0.3 is 0 Å². The summed E-state index contributed by atoms with van der Waals surface area (Å²) in [6, 6.07) is 8.35. The first-order valence-electron chi connectivity index (χ1n) is 8.28. The van der Waals surface area contributed by atoms with Crippen LogP contribution in [-0.4, -0.2) is 53.8 Å². The second kappa shape index (κ2) is 8.39. The second-order valence-corrected chi connectivity index (χ2v) is 7.95. The molecule has 3 rings (SSSR count). The molecule has 1 unspecified atom stereocenters. The number of hydrogen-bond donors (Lipinski definition) is 1. The van der Waals surface area contributed by atoms with Crippen LogP contribution in [0.2, 0.25) is 10.0 Å². The summed E-state index contributed by atoms with van der Waals surface area (Å²) < 4.78 is 0. The maximum Gasteiger partial charge on any atom is 0.264 e. The van der Waals surface area contributed by atoms with Gasteiger partial charge in [0.15, 0.2) is 0 Å². The third-order valence-electron chi connectivity index (χ3n) is 4.39. The van der Waals surface area contributed by atoms with Gasteiger partial charge in [-0.3, -0.25) is 14.5 Å². The summed E-state index contributed by atoms with van der Waals surface area (Å²) in [6.07, 6.45) is 0. The largest absolute Gasteiger partial charge is 0.335 e. The van der Waals surface area contributed by atoms with Crippen LogP contribution in [0, 0.1) is 0 Å². The van der Waals surface area contributed by atoms with Gasteiger partial charge < -0.3 is 10.2 Å². The smallest absolute Gasteiger partial charge is 0.264 e. The number of hydrogen-bond acceptors (Lipinski definition) is 4. The summed E-state index contributed by atoms with van der Waals surface area (Å²) in [5.74, 6) is -0.0632. The molecule has 1 atom stereocenters. The highest BCUT2D eigenvalue weighted by molar-refractivity contribution is 7.12. The van der Waals surface area contributed by atoms with Crippen LogP contribution in [-0.2, 0) is 4.79 Å². The number of halogens is 2. The molecule has 0 radical (unpaired) electrons. The van der Waals surface area contributed by atoms with Crippen LogP contribution in [0.4, 0.5) is 5.69 Å². The molecule has 5 nitrogen and oxygen atoms in total. The molecule has 2 amide bonds. The fourth-order valence-corrected chi connectivity index (χ4v) is 4.12. The summed E-state index contributed by atoms with van der Waals surface area (Å²) >= 11 is 13.4. The summed E-state index contributed by atoms with van der Waals surface area (Å²) in [5.41, 5.74) is 0.575. The van der Waals surface area contributed by atoms with Crippen molar-refractivity contribution in [3.63, 3.8) is 0 Å². The third-order valence-corrected chi connectivity index (χ3v) is 5.68. The van der Waals surface area contributed by atoms with E-state index < -0.39 is 0 Å². The number of carbonyl (C=O) groups is 2. The summed E-state index contributed by atoms with van der Waals surface area (Å²) in [4.78, 5) is 29.6. The average Bonchev–Trinajstić information content (AvgIpc) is 3.14. The lowest BCUT2D eigenvalue weighted by molar-refractivity contribution is -0.121. The van der Waals surface area contributed by atoms with E-state index in [9.17, 15) is 9.59 Å². The maximum atomic E-state index is 12.5. The number of amides is 2. The molecule has 0 bridgehead atoms. The third kappa shape index (κ3) is 4.57. The number of carbonyl (C=O) groups excluding carboxylic acids is 2. The normalized spacial score (nSPS) is 16.3. The molecule has 0 saturated carbocycles. The topological polar surface area (TPSA) is 52.7 Å². The minimum atomic E-state index is -0.313. The van der Waals surface area contributed by atoms with Crippen molar-refractivity contribution in [2.24, 2.45) is 0 Å². The van der Waals surface area contributed by atoms with E-state index in [1.807, 2.05) is 29.3 Å². The number of thiophene rings is 1. The first-order valence-corrected chi connectivity index (χ1v) is 9.91. The monoisotopic (exact) mass is 411 g/mol. The molecule has 0 spiro atoms. The molecule has 8 heteroatoms. The van der Waals surface area contributed by atoms with Gasteiger partial charge in [0, 0.05) is 41.9 Å². The molecule has 138 valence electrons. The first kappa shape index (κ1) is 19.2. The van der Waals surface area contributed by atoms with Crippen LogP contribution >= 0.6 is 34.5 Å². The molecule has 1 aromatic heterocycles.